The maximum absolute atomic E-state index is 15.3. The van der Waals surface area contributed by atoms with Gasteiger partial charge in [-0.3, -0.25) is 9.59 Å². The van der Waals surface area contributed by atoms with Gasteiger partial charge >= 0.3 is 6.47 Å². The maximum atomic E-state index is 15.3. The topological polar surface area (TPSA) is 105 Å². The molecular weight excluding hydrogens is 569 g/mol. The van der Waals surface area contributed by atoms with Crippen LogP contribution in [0.3, 0.4) is 0 Å². The predicted octanol–water partition coefficient (Wildman–Crippen LogP) is 3.83. The monoisotopic (exact) mass is 591 g/mol. The Labute approximate surface area is 232 Å². The fourth-order valence-corrected chi connectivity index (χ4v) is 7.58. The molecule has 0 saturated carbocycles. The molecule has 0 bridgehead atoms. The lowest BCUT2D eigenvalue weighted by atomic mass is 10.2. The summed E-state index contributed by atoms with van der Waals surface area (Å²) in [6.07, 6.45) is 3.32. The number of nitrogens with zero attached hydrogens (tertiary/aromatic N) is 5. The quantitative estimate of drug-likeness (QED) is 0.215. The first-order valence-electron chi connectivity index (χ1n) is 11.7. The second kappa shape index (κ2) is 10.7. The van der Waals surface area contributed by atoms with E-state index in [9.17, 15) is 18.0 Å². The molecule has 10 nitrogen and oxygen atoms in total. The highest BCUT2D eigenvalue weighted by atomic mass is 35.5. The molecule has 1 aliphatic rings. The van der Waals surface area contributed by atoms with Gasteiger partial charge in [-0.1, -0.05) is 17.7 Å². The smallest absolute Gasteiger partial charge is 0.314 e. The molecule has 0 spiro atoms. The first-order chi connectivity index (χ1) is 18.6. The summed E-state index contributed by atoms with van der Waals surface area (Å²) in [5, 5.41) is 1.06. The van der Waals surface area contributed by atoms with E-state index in [1.807, 2.05) is 19.0 Å². The number of rotatable bonds is 9. The average molecular weight is 592 g/mol. The first kappa shape index (κ1) is 27.2. The van der Waals surface area contributed by atoms with Gasteiger partial charge in [0.15, 0.2) is 0 Å². The number of anilines is 1. The number of sulfonamides is 1. The van der Waals surface area contributed by atoms with E-state index >= 15 is 4.39 Å². The van der Waals surface area contributed by atoms with Crippen molar-refractivity contribution in [2.45, 2.75) is 23.2 Å². The molecule has 1 fully saturated rings. The van der Waals surface area contributed by atoms with Gasteiger partial charge in [-0.2, -0.15) is 0 Å². The van der Waals surface area contributed by atoms with Crippen LogP contribution < -0.4 is 4.90 Å². The molecule has 2 aromatic heterocycles. The molecule has 1 aliphatic heterocycles. The number of halogens is 2. The number of aromatic nitrogens is 2. The molecule has 0 N–H and O–H groups in total. The molecule has 0 aliphatic carbocycles. The zero-order valence-corrected chi connectivity index (χ0v) is 23.2. The van der Waals surface area contributed by atoms with Crippen LogP contribution in [0.2, 0.25) is 5.02 Å². The number of benzene rings is 2. The molecule has 0 unspecified atom stereocenters. The number of thiophene rings is 1. The molecular formula is C25H23ClFN5O5S2. The van der Waals surface area contributed by atoms with Crippen LogP contribution in [-0.2, 0) is 31.0 Å². The normalized spacial score (nSPS) is 16.1. The second-order valence-electron chi connectivity index (χ2n) is 9.09. The van der Waals surface area contributed by atoms with Crippen LogP contribution >= 0.6 is 22.9 Å². The minimum Gasteiger partial charge on any atom is -0.355 e. The van der Waals surface area contributed by atoms with Gasteiger partial charge in [0, 0.05) is 40.4 Å². The number of carbonyl (C=O) groups excluding carboxylic acids is 2. The van der Waals surface area contributed by atoms with Crippen LogP contribution in [0.1, 0.15) is 12.2 Å². The average Bonchev–Trinajstić information content (AvgIpc) is 3.61. The van der Waals surface area contributed by atoms with Crippen molar-refractivity contribution in [2.24, 2.45) is 0 Å². The van der Waals surface area contributed by atoms with Gasteiger partial charge in [-0.25, -0.2) is 17.8 Å². The van der Waals surface area contributed by atoms with Gasteiger partial charge in [0.25, 0.3) is 10.0 Å². The molecule has 204 valence electrons. The summed E-state index contributed by atoms with van der Waals surface area (Å²) in [5.74, 6) is -0.676. The Morgan fingerprint density at radius 1 is 1.23 bits per heavy atom. The van der Waals surface area contributed by atoms with Crippen molar-refractivity contribution in [1.29, 1.82) is 0 Å². The van der Waals surface area contributed by atoms with Gasteiger partial charge in [0.05, 0.1) is 12.2 Å². The summed E-state index contributed by atoms with van der Waals surface area (Å²) >= 11 is 6.95. The number of hydroxylamine groups is 1. The summed E-state index contributed by atoms with van der Waals surface area (Å²) in [5.41, 5.74) is 0.507. The summed E-state index contributed by atoms with van der Waals surface area (Å²) < 4.78 is 44.9. The second-order valence-corrected chi connectivity index (χ2v) is 12.6. The van der Waals surface area contributed by atoms with Crippen molar-refractivity contribution >= 4 is 61.1 Å². The minimum absolute atomic E-state index is 0.0134. The molecule has 4 aromatic rings. The van der Waals surface area contributed by atoms with Gasteiger partial charge in [0.1, 0.15) is 21.9 Å². The van der Waals surface area contributed by atoms with Gasteiger partial charge < -0.3 is 19.2 Å². The van der Waals surface area contributed by atoms with Crippen LogP contribution in [0.25, 0.3) is 15.8 Å². The Balaban J connectivity index is 1.42. The van der Waals surface area contributed by atoms with Crippen LogP contribution in [0.5, 0.6) is 0 Å². The number of amides is 1. The van der Waals surface area contributed by atoms with Crippen molar-refractivity contribution in [2.75, 3.05) is 25.5 Å². The third-order valence-corrected chi connectivity index (χ3v) is 9.65. The van der Waals surface area contributed by atoms with Crippen LogP contribution in [0.4, 0.5) is 10.1 Å². The standard InChI is InChI=1S/C25H23ClFN5O5S2/c1-29(2)14-23-28-8-10-30(23)18-5-6-20(19(27)13-18)31-9-7-21(25(31)34)32(37-15-33)39(35,36)24-11-16-3-4-17(26)12-22(16)38-24/h3-6,8,10-13,15,21H,7,9,14H2,1-2H3/t21-/m0/s1. The lowest BCUT2D eigenvalue weighted by Gasteiger charge is -2.24. The molecule has 3 heterocycles. The Bertz CT molecular complexity index is 1670. The SMILES string of the molecule is CN(C)Cc1nccn1-c1ccc(N2CC[C@H](N(OC=O)S(=O)(=O)c3cc4ccc(Cl)cc4s3)C2=O)c(F)c1. The van der Waals surface area contributed by atoms with E-state index in [1.165, 1.54) is 18.2 Å². The Kier molecular flexibility index (Phi) is 7.44. The third-order valence-electron chi connectivity index (χ3n) is 6.20. The minimum atomic E-state index is -4.42. The fourth-order valence-electron chi connectivity index (χ4n) is 4.47. The Hall–Kier alpha value is -3.36. The van der Waals surface area contributed by atoms with E-state index in [1.54, 1.807) is 41.2 Å². The number of hydrogen-bond acceptors (Lipinski definition) is 8. The van der Waals surface area contributed by atoms with Gasteiger partial charge in [0.2, 0.25) is 5.91 Å². The molecule has 2 aromatic carbocycles. The Morgan fingerprint density at radius 2 is 2.03 bits per heavy atom. The highest BCUT2D eigenvalue weighted by Crippen LogP contribution is 2.36. The van der Waals surface area contributed by atoms with Crippen molar-refractivity contribution in [1.82, 2.24) is 18.9 Å². The van der Waals surface area contributed by atoms with Crippen molar-refractivity contribution in [3.8, 4) is 5.69 Å². The van der Waals surface area contributed by atoms with E-state index in [0.717, 1.165) is 16.2 Å². The molecule has 1 saturated heterocycles. The van der Waals surface area contributed by atoms with E-state index in [0.29, 0.717) is 37.6 Å². The summed E-state index contributed by atoms with van der Waals surface area (Å²) in [7, 11) is -0.631. The molecule has 0 radical (unpaired) electrons. The lowest BCUT2D eigenvalue weighted by molar-refractivity contribution is -0.160. The van der Waals surface area contributed by atoms with Crippen LogP contribution in [0.15, 0.2) is 59.1 Å². The summed E-state index contributed by atoms with van der Waals surface area (Å²) in [6.45, 7) is 0.507. The molecule has 1 amide bonds. The number of fused-ring (bicyclic) bond motifs is 1. The van der Waals surface area contributed by atoms with Gasteiger partial charge in [-0.15, -0.1) is 11.3 Å². The first-order valence-corrected chi connectivity index (χ1v) is 14.4. The van der Waals surface area contributed by atoms with Crippen LogP contribution in [0, 0.1) is 5.82 Å². The molecule has 39 heavy (non-hydrogen) atoms. The predicted molar refractivity (Wildman–Crippen MR) is 145 cm³/mol. The van der Waals surface area contributed by atoms with Crippen molar-refractivity contribution in [3.63, 3.8) is 0 Å². The lowest BCUT2D eigenvalue weighted by Crippen LogP contribution is -2.45. The highest BCUT2D eigenvalue weighted by molar-refractivity contribution is 7.91. The molecule has 5 rings (SSSR count). The van der Waals surface area contributed by atoms with E-state index in [2.05, 4.69) is 4.98 Å². The fraction of sp³-hybridized carbons (Fsp3) is 0.240. The number of imidazole rings is 1. The molecule has 1 atom stereocenters. The Morgan fingerprint density at radius 3 is 2.74 bits per heavy atom. The van der Waals surface area contributed by atoms with E-state index in [-0.39, 0.29) is 29.3 Å². The van der Waals surface area contributed by atoms with Gasteiger partial charge in [-0.05, 0) is 60.7 Å². The summed E-state index contributed by atoms with van der Waals surface area (Å²) in [6, 6.07) is 9.36. The van der Waals surface area contributed by atoms with Crippen molar-refractivity contribution in [3.05, 3.63) is 71.5 Å². The zero-order chi connectivity index (χ0) is 27.9. The zero-order valence-electron chi connectivity index (χ0n) is 20.8. The third kappa shape index (κ3) is 5.15. The maximum Gasteiger partial charge on any atom is 0.314 e. The number of carbonyl (C=O) groups is 2. The van der Waals surface area contributed by atoms with E-state index < -0.39 is 27.8 Å². The van der Waals surface area contributed by atoms with Crippen LogP contribution in [-0.4, -0.2) is 66.4 Å². The summed E-state index contributed by atoms with van der Waals surface area (Å²) in [4.78, 5) is 36.9. The molecule has 14 heteroatoms. The van der Waals surface area contributed by atoms with E-state index in [4.69, 9.17) is 16.4 Å². The largest absolute Gasteiger partial charge is 0.355 e. The van der Waals surface area contributed by atoms with Crippen molar-refractivity contribution < 1.29 is 27.2 Å². The highest BCUT2D eigenvalue weighted by Gasteiger charge is 2.45. The number of hydrogen-bond donors (Lipinski definition) is 0.